The molecule has 1 amide bonds. The van der Waals surface area contributed by atoms with Crippen molar-refractivity contribution in [3.8, 4) is 5.75 Å². The van der Waals surface area contributed by atoms with Gasteiger partial charge in [-0.3, -0.25) is 9.78 Å². The van der Waals surface area contributed by atoms with Crippen LogP contribution in [0.1, 0.15) is 24.1 Å². The van der Waals surface area contributed by atoms with Gasteiger partial charge in [-0.2, -0.15) is 0 Å². The van der Waals surface area contributed by atoms with Gasteiger partial charge in [0.05, 0.1) is 19.8 Å². The summed E-state index contributed by atoms with van der Waals surface area (Å²) >= 11 is 0. The summed E-state index contributed by atoms with van der Waals surface area (Å²) in [5.74, 6) is 0.593. The maximum atomic E-state index is 11.7. The second-order valence-corrected chi connectivity index (χ2v) is 4.92. The zero-order valence-electron chi connectivity index (χ0n) is 12.1. The van der Waals surface area contributed by atoms with Crippen LogP contribution < -0.4 is 10.1 Å². The number of aliphatic hydroxyl groups is 1. The maximum absolute atomic E-state index is 11.7. The average molecular weight is 294 g/mol. The lowest BCUT2D eigenvalue weighted by molar-refractivity contribution is -0.123. The van der Waals surface area contributed by atoms with Crippen molar-refractivity contribution in [1.82, 2.24) is 10.3 Å². The van der Waals surface area contributed by atoms with E-state index in [-0.39, 0.29) is 25.7 Å². The van der Waals surface area contributed by atoms with E-state index in [4.69, 9.17) is 14.6 Å². The number of aliphatic hydroxyl groups excluding tert-OH is 1. The summed E-state index contributed by atoms with van der Waals surface area (Å²) in [7, 11) is 0. The van der Waals surface area contributed by atoms with Crippen LogP contribution in [0.5, 0.6) is 5.75 Å². The molecular weight excluding hydrogens is 272 g/mol. The fraction of sp³-hybridized carbons (Fsp3) is 0.600. The zero-order chi connectivity index (χ0) is 14.9. The summed E-state index contributed by atoms with van der Waals surface area (Å²) in [5.41, 5.74) is 2.24. The smallest absolute Gasteiger partial charge is 0.258 e. The van der Waals surface area contributed by atoms with Crippen LogP contribution in [0, 0.1) is 0 Å². The lowest BCUT2D eigenvalue weighted by Crippen LogP contribution is -2.32. The Labute approximate surface area is 124 Å². The number of carbonyl (C=O) groups is 1. The maximum Gasteiger partial charge on any atom is 0.258 e. The van der Waals surface area contributed by atoms with E-state index >= 15 is 0 Å². The van der Waals surface area contributed by atoms with E-state index in [1.165, 1.54) is 0 Å². The van der Waals surface area contributed by atoms with Crippen molar-refractivity contribution in [2.24, 2.45) is 0 Å². The molecule has 0 radical (unpaired) electrons. The quantitative estimate of drug-likeness (QED) is 0.681. The molecule has 0 saturated heterocycles. The zero-order valence-corrected chi connectivity index (χ0v) is 12.1. The summed E-state index contributed by atoms with van der Waals surface area (Å²) in [4.78, 5) is 16.0. The number of nitrogens with zero attached hydrogens (tertiary/aromatic N) is 1. The molecule has 0 aliphatic heterocycles. The Morgan fingerprint density at radius 2 is 2.19 bits per heavy atom. The van der Waals surface area contributed by atoms with Crippen LogP contribution >= 0.6 is 0 Å². The molecule has 0 bridgehead atoms. The van der Waals surface area contributed by atoms with E-state index in [1.807, 2.05) is 6.07 Å². The highest BCUT2D eigenvalue weighted by atomic mass is 16.5. The number of fused-ring (bicyclic) bond motifs is 1. The minimum Gasteiger partial charge on any atom is -0.483 e. The van der Waals surface area contributed by atoms with Crippen molar-refractivity contribution in [3.63, 3.8) is 0 Å². The van der Waals surface area contributed by atoms with Gasteiger partial charge in [-0.05, 0) is 31.7 Å². The fourth-order valence-corrected chi connectivity index (χ4v) is 2.35. The van der Waals surface area contributed by atoms with Crippen molar-refractivity contribution in [3.05, 3.63) is 23.5 Å². The molecule has 0 fully saturated rings. The monoisotopic (exact) mass is 294 g/mol. The van der Waals surface area contributed by atoms with Crippen molar-refractivity contribution >= 4 is 5.91 Å². The van der Waals surface area contributed by atoms with Gasteiger partial charge in [0.1, 0.15) is 5.75 Å². The molecule has 0 atom stereocenters. The van der Waals surface area contributed by atoms with Gasteiger partial charge in [-0.25, -0.2) is 0 Å². The highest BCUT2D eigenvalue weighted by Crippen LogP contribution is 2.27. The molecule has 2 N–H and O–H groups in total. The SMILES string of the molecule is O=C(COc1ccnc2c1CCCC2)NCCOCCO. The number of pyridine rings is 1. The van der Waals surface area contributed by atoms with E-state index in [0.717, 1.165) is 42.7 Å². The number of hydrogen-bond acceptors (Lipinski definition) is 5. The van der Waals surface area contributed by atoms with Crippen molar-refractivity contribution in [2.45, 2.75) is 25.7 Å². The van der Waals surface area contributed by atoms with Gasteiger partial charge in [-0.1, -0.05) is 0 Å². The van der Waals surface area contributed by atoms with Crippen molar-refractivity contribution in [1.29, 1.82) is 0 Å². The third kappa shape index (κ3) is 4.99. The second kappa shape index (κ2) is 8.59. The molecule has 6 nitrogen and oxygen atoms in total. The number of ether oxygens (including phenoxy) is 2. The summed E-state index contributed by atoms with van der Waals surface area (Å²) in [5, 5.41) is 11.3. The van der Waals surface area contributed by atoms with Crippen molar-refractivity contribution < 1.29 is 19.4 Å². The first kappa shape index (κ1) is 15.7. The lowest BCUT2D eigenvalue weighted by Gasteiger charge is -2.18. The van der Waals surface area contributed by atoms with Crippen LogP contribution in [0.25, 0.3) is 0 Å². The predicted molar refractivity (Wildman–Crippen MR) is 77.3 cm³/mol. The molecular formula is C15H22N2O4. The molecule has 0 spiro atoms. The Kier molecular flexibility index (Phi) is 6.43. The minimum absolute atomic E-state index is 0.00352. The summed E-state index contributed by atoms with van der Waals surface area (Å²) in [6.45, 7) is 1.07. The first-order valence-electron chi connectivity index (χ1n) is 7.36. The number of aromatic nitrogens is 1. The van der Waals surface area contributed by atoms with Gasteiger partial charge < -0.3 is 19.9 Å². The first-order chi connectivity index (χ1) is 10.3. The second-order valence-electron chi connectivity index (χ2n) is 4.92. The molecule has 0 aromatic carbocycles. The van der Waals surface area contributed by atoms with Crippen LogP contribution in [-0.2, 0) is 22.4 Å². The van der Waals surface area contributed by atoms with Crippen LogP contribution in [0.3, 0.4) is 0 Å². The molecule has 1 aromatic heterocycles. The molecule has 21 heavy (non-hydrogen) atoms. The van der Waals surface area contributed by atoms with Gasteiger partial charge in [0.25, 0.3) is 5.91 Å². The summed E-state index contributed by atoms with van der Waals surface area (Å²) in [6, 6.07) is 1.82. The largest absolute Gasteiger partial charge is 0.483 e. The molecule has 1 aliphatic rings. The first-order valence-corrected chi connectivity index (χ1v) is 7.36. The van der Waals surface area contributed by atoms with E-state index in [2.05, 4.69) is 10.3 Å². The number of aryl methyl sites for hydroxylation is 1. The van der Waals surface area contributed by atoms with E-state index in [1.54, 1.807) is 6.20 Å². The number of carbonyl (C=O) groups excluding carboxylic acids is 1. The standard InChI is InChI=1S/C15H22N2O4/c18-8-10-20-9-7-17-15(19)11-21-14-5-6-16-13-4-2-1-3-12(13)14/h5-6,18H,1-4,7-11H2,(H,17,19). The molecule has 1 aromatic rings. The molecule has 0 saturated carbocycles. The lowest BCUT2D eigenvalue weighted by atomic mass is 9.95. The van der Waals surface area contributed by atoms with Gasteiger partial charge in [0.2, 0.25) is 0 Å². The third-order valence-corrected chi connectivity index (χ3v) is 3.36. The van der Waals surface area contributed by atoms with Gasteiger partial charge in [0.15, 0.2) is 6.61 Å². The Morgan fingerprint density at radius 1 is 1.33 bits per heavy atom. The van der Waals surface area contributed by atoms with Crippen LogP contribution in [0.15, 0.2) is 12.3 Å². The number of amides is 1. The average Bonchev–Trinajstić information content (AvgIpc) is 2.52. The Balaban J connectivity index is 1.74. The van der Waals surface area contributed by atoms with Crippen molar-refractivity contribution in [2.75, 3.05) is 33.0 Å². The molecule has 1 heterocycles. The van der Waals surface area contributed by atoms with E-state index in [9.17, 15) is 4.79 Å². The van der Waals surface area contributed by atoms with E-state index in [0.29, 0.717) is 13.2 Å². The van der Waals surface area contributed by atoms with Crippen LogP contribution in [0.2, 0.25) is 0 Å². The fourth-order valence-electron chi connectivity index (χ4n) is 2.35. The summed E-state index contributed by atoms with van der Waals surface area (Å²) in [6.07, 6.45) is 6.00. The number of hydrogen-bond donors (Lipinski definition) is 2. The molecule has 116 valence electrons. The Morgan fingerprint density at radius 3 is 3.05 bits per heavy atom. The van der Waals surface area contributed by atoms with Gasteiger partial charge in [-0.15, -0.1) is 0 Å². The van der Waals surface area contributed by atoms with Crippen LogP contribution in [0.4, 0.5) is 0 Å². The topological polar surface area (TPSA) is 80.7 Å². The Bertz CT molecular complexity index is 465. The molecule has 6 heteroatoms. The highest BCUT2D eigenvalue weighted by Gasteiger charge is 2.15. The molecule has 2 rings (SSSR count). The molecule has 1 aliphatic carbocycles. The Hall–Kier alpha value is -1.66. The minimum atomic E-state index is -0.177. The normalized spacial score (nSPS) is 13.6. The van der Waals surface area contributed by atoms with E-state index < -0.39 is 0 Å². The van der Waals surface area contributed by atoms with Gasteiger partial charge in [0, 0.05) is 24.0 Å². The number of nitrogens with one attached hydrogen (secondary N) is 1. The molecule has 0 unspecified atom stereocenters. The third-order valence-electron chi connectivity index (χ3n) is 3.36. The highest BCUT2D eigenvalue weighted by molar-refractivity contribution is 5.77. The predicted octanol–water partition coefficient (Wildman–Crippen LogP) is 0.464. The van der Waals surface area contributed by atoms with Crippen LogP contribution in [-0.4, -0.2) is 49.0 Å². The summed E-state index contributed by atoms with van der Waals surface area (Å²) < 4.78 is 10.7. The van der Waals surface area contributed by atoms with Gasteiger partial charge >= 0.3 is 0 Å². The number of rotatable bonds is 8.